The molecular weight excluding hydrogens is 367 g/mol. The van der Waals surface area contributed by atoms with Crippen molar-refractivity contribution in [1.29, 1.82) is 0 Å². The molecule has 1 aromatic rings. The summed E-state index contributed by atoms with van der Waals surface area (Å²) in [5.74, 6) is -0.169. The van der Waals surface area contributed by atoms with Crippen molar-refractivity contribution in [3.8, 4) is 0 Å². The zero-order chi connectivity index (χ0) is 21.2. The van der Waals surface area contributed by atoms with E-state index in [1.54, 1.807) is 0 Å². The fourth-order valence-corrected chi connectivity index (χ4v) is 3.98. The first kappa shape index (κ1) is 21.8. The van der Waals surface area contributed by atoms with Gasteiger partial charge in [0.2, 0.25) is 11.8 Å². The van der Waals surface area contributed by atoms with Crippen LogP contribution in [0.1, 0.15) is 65.4 Å². The summed E-state index contributed by atoms with van der Waals surface area (Å²) in [6.45, 7) is 8.08. The van der Waals surface area contributed by atoms with E-state index in [2.05, 4.69) is 5.32 Å². The lowest BCUT2D eigenvalue weighted by Crippen LogP contribution is -2.46. The molecule has 1 aliphatic heterocycles. The molecule has 0 radical (unpaired) electrons. The molecule has 1 saturated heterocycles. The molecule has 1 aromatic carbocycles. The molecule has 1 atom stereocenters. The van der Waals surface area contributed by atoms with Gasteiger partial charge in [0.05, 0.1) is 11.2 Å². The van der Waals surface area contributed by atoms with Gasteiger partial charge in [-0.15, -0.1) is 0 Å². The van der Waals surface area contributed by atoms with Gasteiger partial charge >= 0.3 is 7.12 Å². The number of amides is 2. The Kier molecular flexibility index (Phi) is 6.39. The quantitative estimate of drug-likeness (QED) is 0.686. The number of hydrogen-bond acceptors (Lipinski definition) is 4. The van der Waals surface area contributed by atoms with Gasteiger partial charge in [0.1, 0.15) is 6.04 Å². The fraction of sp³-hybridized carbons (Fsp3) is 0.636. The number of nitrogens with one attached hydrogen (secondary N) is 1. The van der Waals surface area contributed by atoms with E-state index >= 15 is 0 Å². The van der Waals surface area contributed by atoms with Crippen LogP contribution in [-0.4, -0.2) is 36.2 Å². The maximum absolute atomic E-state index is 12.3. The van der Waals surface area contributed by atoms with Gasteiger partial charge in [-0.25, -0.2) is 0 Å². The van der Waals surface area contributed by atoms with Crippen LogP contribution in [0.25, 0.3) is 0 Å². The zero-order valence-electron chi connectivity index (χ0n) is 18.0. The second kappa shape index (κ2) is 8.48. The Morgan fingerprint density at radius 1 is 1.10 bits per heavy atom. The molecule has 1 saturated carbocycles. The van der Waals surface area contributed by atoms with Gasteiger partial charge in [0.25, 0.3) is 0 Å². The molecule has 0 unspecified atom stereocenters. The van der Waals surface area contributed by atoms with Crippen LogP contribution in [0.4, 0.5) is 0 Å². The van der Waals surface area contributed by atoms with Gasteiger partial charge in [-0.2, -0.15) is 0 Å². The third kappa shape index (κ3) is 5.20. The summed E-state index contributed by atoms with van der Waals surface area (Å²) in [6.07, 6.45) is 5.41. The van der Waals surface area contributed by atoms with Crippen molar-refractivity contribution >= 4 is 24.4 Å². The van der Waals surface area contributed by atoms with Crippen molar-refractivity contribution in [1.82, 2.24) is 5.32 Å². The molecule has 6 nitrogen and oxygen atoms in total. The van der Waals surface area contributed by atoms with Crippen LogP contribution in [0, 0.1) is 5.92 Å². The maximum atomic E-state index is 12.3. The minimum atomic E-state index is -0.702. The molecule has 158 valence electrons. The zero-order valence-corrected chi connectivity index (χ0v) is 18.0. The van der Waals surface area contributed by atoms with Gasteiger partial charge in [-0.1, -0.05) is 37.1 Å². The molecule has 0 bridgehead atoms. The molecule has 1 heterocycles. The number of carbonyl (C=O) groups is 2. The van der Waals surface area contributed by atoms with Gasteiger partial charge in [0, 0.05) is 12.8 Å². The van der Waals surface area contributed by atoms with Crippen LogP contribution in [0.5, 0.6) is 0 Å². The smallest absolute Gasteiger partial charge is 0.399 e. The molecule has 3 N–H and O–H groups in total. The first-order chi connectivity index (χ1) is 13.6. The van der Waals surface area contributed by atoms with Gasteiger partial charge in [-0.3, -0.25) is 9.59 Å². The van der Waals surface area contributed by atoms with E-state index in [9.17, 15) is 9.59 Å². The highest BCUT2D eigenvalue weighted by atomic mass is 16.7. The number of nitrogens with two attached hydrogens (primary N) is 1. The van der Waals surface area contributed by atoms with Crippen molar-refractivity contribution < 1.29 is 18.9 Å². The van der Waals surface area contributed by atoms with Crippen LogP contribution < -0.4 is 16.5 Å². The first-order valence-electron chi connectivity index (χ1n) is 10.6. The van der Waals surface area contributed by atoms with Crippen LogP contribution in [0.15, 0.2) is 24.3 Å². The summed E-state index contributed by atoms with van der Waals surface area (Å²) in [7, 11) is -0.424. The molecule has 0 aromatic heterocycles. The lowest BCUT2D eigenvalue weighted by molar-refractivity contribution is -0.127. The standard InChI is InChI=1S/C22H33BN2O4/c1-21(2)22(3,4)29-23(28-21)17-11-9-16(10-12-17)13-18(20(24)27)25-19(26)14-15-7-5-6-8-15/h9-12,15,18H,5-8,13-14H2,1-4H3,(H2,24,27)(H,25,26)/t18-/m0/s1. The molecule has 3 rings (SSSR count). The first-order valence-corrected chi connectivity index (χ1v) is 10.6. The molecule has 7 heteroatoms. The topological polar surface area (TPSA) is 90.6 Å². The van der Waals surface area contributed by atoms with Crippen molar-refractivity contribution in [3.05, 3.63) is 29.8 Å². The number of rotatable bonds is 7. The monoisotopic (exact) mass is 400 g/mol. The number of hydrogen-bond donors (Lipinski definition) is 2. The Morgan fingerprint density at radius 2 is 1.66 bits per heavy atom. The Morgan fingerprint density at radius 3 is 2.17 bits per heavy atom. The molecule has 29 heavy (non-hydrogen) atoms. The average Bonchev–Trinajstić information content (AvgIpc) is 3.20. The average molecular weight is 400 g/mol. The molecule has 2 aliphatic rings. The van der Waals surface area contributed by atoms with E-state index in [-0.39, 0.29) is 5.91 Å². The summed E-state index contributed by atoms with van der Waals surface area (Å²) < 4.78 is 12.1. The maximum Gasteiger partial charge on any atom is 0.494 e. The Bertz CT molecular complexity index is 726. The van der Waals surface area contributed by atoms with E-state index in [4.69, 9.17) is 15.0 Å². The van der Waals surface area contributed by atoms with Crippen LogP contribution in [0.2, 0.25) is 0 Å². The van der Waals surface area contributed by atoms with Crippen LogP contribution >= 0.6 is 0 Å². The van der Waals surface area contributed by atoms with E-state index in [0.717, 1.165) is 23.9 Å². The Balaban J connectivity index is 1.59. The molecular formula is C22H33BN2O4. The number of primary amides is 1. The summed E-state index contributed by atoms with van der Waals surface area (Å²) in [6, 6.07) is 7.04. The summed E-state index contributed by atoms with van der Waals surface area (Å²) in [5, 5.41) is 2.82. The normalized spacial score (nSPS) is 21.9. The summed E-state index contributed by atoms with van der Waals surface area (Å²) in [5.41, 5.74) is 6.60. The highest BCUT2D eigenvalue weighted by Gasteiger charge is 2.51. The van der Waals surface area contributed by atoms with E-state index in [0.29, 0.717) is 18.8 Å². The van der Waals surface area contributed by atoms with Crippen molar-refractivity contribution in [2.45, 2.75) is 83.5 Å². The van der Waals surface area contributed by atoms with Crippen molar-refractivity contribution in [2.24, 2.45) is 11.7 Å². The Hall–Kier alpha value is -1.86. The highest BCUT2D eigenvalue weighted by Crippen LogP contribution is 2.36. The van der Waals surface area contributed by atoms with Gasteiger partial charge in [0.15, 0.2) is 0 Å². The number of carbonyl (C=O) groups excluding carboxylic acids is 2. The molecule has 0 spiro atoms. The minimum Gasteiger partial charge on any atom is -0.399 e. The summed E-state index contributed by atoms with van der Waals surface area (Å²) in [4.78, 5) is 24.2. The van der Waals surface area contributed by atoms with E-state index in [1.165, 1.54) is 12.8 Å². The van der Waals surface area contributed by atoms with Crippen LogP contribution in [-0.2, 0) is 25.3 Å². The van der Waals surface area contributed by atoms with Crippen LogP contribution in [0.3, 0.4) is 0 Å². The predicted octanol–water partition coefficient (Wildman–Crippen LogP) is 2.08. The van der Waals surface area contributed by atoms with Crippen molar-refractivity contribution in [3.63, 3.8) is 0 Å². The second-order valence-corrected chi connectivity index (χ2v) is 9.41. The third-order valence-corrected chi connectivity index (χ3v) is 6.57. The molecule has 1 aliphatic carbocycles. The minimum absolute atomic E-state index is 0.0884. The lowest BCUT2D eigenvalue weighted by Gasteiger charge is -2.32. The lowest BCUT2D eigenvalue weighted by atomic mass is 9.78. The van der Waals surface area contributed by atoms with E-state index in [1.807, 2.05) is 52.0 Å². The fourth-order valence-electron chi connectivity index (χ4n) is 3.98. The third-order valence-electron chi connectivity index (χ3n) is 6.57. The van der Waals surface area contributed by atoms with E-state index < -0.39 is 30.3 Å². The molecule has 2 amide bonds. The molecule has 2 fully saturated rings. The predicted molar refractivity (Wildman–Crippen MR) is 114 cm³/mol. The van der Waals surface area contributed by atoms with Crippen molar-refractivity contribution in [2.75, 3.05) is 0 Å². The second-order valence-electron chi connectivity index (χ2n) is 9.41. The largest absolute Gasteiger partial charge is 0.494 e. The SMILES string of the molecule is CC1(C)OB(c2ccc(C[C@H](NC(=O)CC3CCCC3)C(N)=O)cc2)OC1(C)C. The Labute approximate surface area is 174 Å². The van der Waals surface area contributed by atoms with Gasteiger partial charge < -0.3 is 20.4 Å². The summed E-state index contributed by atoms with van der Waals surface area (Å²) >= 11 is 0. The van der Waals surface area contributed by atoms with Gasteiger partial charge in [-0.05, 0) is 57.5 Å². The number of benzene rings is 1. The highest BCUT2D eigenvalue weighted by molar-refractivity contribution is 6.62.